The zero-order valence-electron chi connectivity index (χ0n) is 8.97. The fourth-order valence-electron chi connectivity index (χ4n) is 3.10. The summed E-state index contributed by atoms with van der Waals surface area (Å²) in [6.45, 7) is 7.14. The molecule has 0 aromatic carbocycles. The van der Waals surface area contributed by atoms with E-state index in [0.717, 1.165) is 5.92 Å². The molecule has 3 atom stereocenters. The first kappa shape index (κ1) is 9.44. The SMILES string of the molecule is C[Si](C)(C)C[C@H]1C(=O)[C@@H]2CC[C@H]1C2. The van der Waals surface area contributed by atoms with Crippen molar-refractivity contribution in [1.29, 1.82) is 0 Å². The van der Waals surface area contributed by atoms with Gasteiger partial charge >= 0.3 is 0 Å². The van der Waals surface area contributed by atoms with E-state index in [9.17, 15) is 4.79 Å². The van der Waals surface area contributed by atoms with Crippen LogP contribution in [0.25, 0.3) is 0 Å². The van der Waals surface area contributed by atoms with Crippen molar-refractivity contribution in [3.63, 3.8) is 0 Å². The highest BCUT2D eigenvalue weighted by molar-refractivity contribution is 6.76. The first-order valence-electron chi connectivity index (χ1n) is 5.51. The molecule has 0 aromatic rings. The number of hydrogen-bond donors (Lipinski definition) is 0. The minimum absolute atomic E-state index is 0.477. The van der Waals surface area contributed by atoms with E-state index in [2.05, 4.69) is 19.6 Å². The summed E-state index contributed by atoms with van der Waals surface area (Å²) in [5.74, 6) is 2.36. The second kappa shape index (κ2) is 2.94. The Bertz CT molecular complexity index is 229. The second-order valence-corrected chi connectivity index (χ2v) is 11.6. The lowest BCUT2D eigenvalue weighted by Crippen LogP contribution is -2.31. The molecule has 13 heavy (non-hydrogen) atoms. The fraction of sp³-hybridized carbons (Fsp3) is 0.909. The first-order valence-corrected chi connectivity index (χ1v) is 9.22. The Morgan fingerprint density at radius 3 is 2.46 bits per heavy atom. The standard InChI is InChI=1S/C11H20OSi/c1-13(2,3)7-10-8-4-5-9(6-8)11(10)12/h8-10H,4-7H2,1-3H3/t8-,9+,10+/m0/s1. The highest BCUT2D eigenvalue weighted by Gasteiger charge is 2.47. The Kier molecular flexibility index (Phi) is 2.14. The summed E-state index contributed by atoms with van der Waals surface area (Å²) in [5, 5.41) is 0. The zero-order chi connectivity index (χ0) is 9.64. The molecular weight excluding hydrogens is 176 g/mol. The summed E-state index contributed by atoms with van der Waals surface area (Å²) in [7, 11) is -1.02. The van der Waals surface area contributed by atoms with Gasteiger partial charge in [-0.2, -0.15) is 0 Å². The lowest BCUT2D eigenvalue weighted by Gasteiger charge is -2.26. The molecule has 0 aliphatic heterocycles. The summed E-state index contributed by atoms with van der Waals surface area (Å²) in [4.78, 5) is 11.9. The van der Waals surface area contributed by atoms with E-state index in [4.69, 9.17) is 0 Å². The van der Waals surface area contributed by atoms with Crippen LogP contribution in [-0.2, 0) is 4.79 Å². The Hall–Kier alpha value is -0.113. The molecule has 2 saturated carbocycles. The molecule has 0 N–H and O–H groups in total. The number of Topliss-reactive ketones (excluding diaryl/α,β-unsaturated/α-hetero) is 1. The van der Waals surface area contributed by atoms with Gasteiger partial charge in [-0.3, -0.25) is 4.79 Å². The van der Waals surface area contributed by atoms with Crippen LogP contribution in [0.4, 0.5) is 0 Å². The van der Waals surface area contributed by atoms with Crippen molar-refractivity contribution in [3.8, 4) is 0 Å². The number of fused-ring (bicyclic) bond motifs is 2. The Balaban J connectivity index is 2.05. The van der Waals surface area contributed by atoms with Gasteiger partial charge in [0.15, 0.2) is 0 Å². The van der Waals surface area contributed by atoms with Gasteiger partial charge in [-0.25, -0.2) is 0 Å². The predicted octanol–water partition coefficient (Wildman–Crippen LogP) is 2.94. The third-order valence-corrected chi connectivity index (χ3v) is 5.31. The molecule has 0 unspecified atom stereocenters. The highest BCUT2D eigenvalue weighted by Crippen LogP contribution is 2.48. The molecule has 2 bridgehead atoms. The van der Waals surface area contributed by atoms with Gasteiger partial charge in [0.05, 0.1) is 0 Å². The van der Waals surface area contributed by atoms with E-state index >= 15 is 0 Å². The molecule has 2 heteroatoms. The summed E-state index contributed by atoms with van der Waals surface area (Å²) in [6, 6.07) is 1.24. The minimum Gasteiger partial charge on any atom is -0.299 e. The minimum atomic E-state index is -1.02. The summed E-state index contributed by atoms with van der Waals surface area (Å²) >= 11 is 0. The van der Waals surface area contributed by atoms with Gasteiger partial charge in [-0.05, 0) is 31.2 Å². The van der Waals surface area contributed by atoms with Crippen molar-refractivity contribution in [2.24, 2.45) is 17.8 Å². The van der Waals surface area contributed by atoms with Crippen LogP contribution >= 0.6 is 0 Å². The molecular formula is C11H20OSi. The van der Waals surface area contributed by atoms with Gasteiger partial charge in [0.2, 0.25) is 0 Å². The number of rotatable bonds is 2. The maximum absolute atomic E-state index is 11.9. The van der Waals surface area contributed by atoms with Gasteiger partial charge in [-0.1, -0.05) is 19.6 Å². The summed E-state index contributed by atoms with van der Waals surface area (Å²) in [6.07, 6.45) is 3.77. The van der Waals surface area contributed by atoms with E-state index in [1.54, 1.807) is 0 Å². The molecule has 2 aliphatic carbocycles. The molecule has 0 saturated heterocycles. The number of carbonyl (C=O) groups is 1. The Labute approximate surface area is 81.9 Å². The number of ketones is 1. The molecule has 0 radical (unpaired) electrons. The molecule has 0 amide bonds. The van der Waals surface area contributed by atoms with Crippen LogP contribution in [-0.4, -0.2) is 13.9 Å². The van der Waals surface area contributed by atoms with E-state index in [0.29, 0.717) is 17.6 Å². The first-order chi connectivity index (χ1) is 5.97. The second-order valence-electron chi connectivity index (χ2n) is 6.04. The van der Waals surface area contributed by atoms with Crippen molar-refractivity contribution < 1.29 is 4.79 Å². The number of carbonyl (C=O) groups excluding carboxylic acids is 1. The lowest BCUT2D eigenvalue weighted by molar-refractivity contribution is -0.125. The van der Waals surface area contributed by atoms with Crippen LogP contribution in [0.2, 0.25) is 25.7 Å². The molecule has 0 aromatic heterocycles. The third kappa shape index (κ3) is 1.73. The molecule has 74 valence electrons. The van der Waals surface area contributed by atoms with Gasteiger partial charge in [-0.15, -0.1) is 0 Å². The van der Waals surface area contributed by atoms with Crippen LogP contribution in [0.3, 0.4) is 0 Å². The lowest BCUT2D eigenvalue weighted by atomic mass is 9.89. The van der Waals surface area contributed by atoms with Crippen molar-refractivity contribution in [2.45, 2.75) is 44.9 Å². The predicted molar refractivity (Wildman–Crippen MR) is 57.5 cm³/mol. The largest absolute Gasteiger partial charge is 0.299 e. The average Bonchev–Trinajstić information content (AvgIpc) is 2.51. The van der Waals surface area contributed by atoms with Gasteiger partial charge < -0.3 is 0 Å². The topological polar surface area (TPSA) is 17.1 Å². The van der Waals surface area contributed by atoms with Crippen LogP contribution in [0.1, 0.15) is 19.3 Å². The van der Waals surface area contributed by atoms with Crippen LogP contribution in [0.15, 0.2) is 0 Å². The monoisotopic (exact) mass is 196 g/mol. The fourth-order valence-corrected chi connectivity index (χ4v) is 4.96. The quantitative estimate of drug-likeness (QED) is 0.621. The van der Waals surface area contributed by atoms with Crippen molar-refractivity contribution in [2.75, 3.05) is 0 Å². The maximum atomic E-state index is 11.9. The molecule has 2 fully saturated rings. The molecule has 0 heterocycles. The van der Waals surface area contributed by atoms with Crippen molar-refractivity contribution >= 4 is 13.9 Å². The third-order valence-electron chi connectivity index (χ3n) is 3.64. The van der Waals surface area contributed by atoms with Crippen molar-refractivity contribution in [3.05, 3.63) is 0 Å². The van der Waals surface area contributed by atoms with Gasteiger partial charge in [0.25, 0.3) is 0 Å². The zero-order valence-corrected chi connectivity index (χ0v) is 9.97. The Morgan fingerprint density at radius 2 is 2.00 bits per heavy atom. The van der Waals surface area contributed by atoms with Gasteiger partial charge in [0, 0.05) is 19.9 Å². The smallest absolute Gasteiger partial charge is 0.139 e. The summed E-state index contributed by atoms with van der Waals surface area (Å²) in [5.41, 5.74) is 0. The highest BCUT2D eigenvalue weighted by atomic mass is 28.3. The molecule has 0 spiro atoms. The van der Waals surface area contributed by atoms with Crippen LogP contribution < -0.4 is 0 Å². The molecule has 1 nitrogen and oxygen atoms in total. The van der Waals surface area contributed by atoms with Crippen molar-refractivity contribution in [1.82, 2.24) is 0 Å². The molecule has 2 aliphatic rings. The van der Waals surface area contributed by atoms with Crippen LogP contribution in [0, 0.1) is 17.8 Å². The normalized spacial score (nSPS) is 38.7. The van der Waals surface area contributed by atoms with Crippen LogP contribution in [0.5, 0.6) is 0 Å². The molecule has 2 rings (SSSR count). The van der Waals surface area contributed by atoms with E-state index in [1.165, 1.54) is 25.3 Å². The van der Waals surface area contributed by atoms with E-state index < -0.39 is 8.07 Å². The average molecular weight is 196 g/mol. The summed E-state index contributed by atoms with van der Waals surface area (Å²) < 4.78 is 0. The maximum Gasteiger partial charge on any atom is 0.139 e. The van der Waals surface area contributed by atoms with E-state index in [1.807, 2.05) is 0 Å². The Morgan fingerprint density at radius 1 is 1.31 bits per heavy atom. The number of hydrogen-bond acceptors (Lipinski definition) is 1. The van der Waals surface area contributed by atoms with E-state index in [-0.39, 0.29) is 0 Å². The van der Waals surface area contributed by atoms with Gasteiger partial charge in [0.1, 0.15) is 5.78 Å².